The minimum Gasteiger partial charge on any atom is -0.480 e. The topological polar surface area (TPSA) is 107 Å². The van der Waals surface area contributed by atoms with Crippen LogP contribution in [0.4, 0.5) is 0 Å². The molecular weight excluding hydrogens is 245 g/mol. The summed E-state index contributed by atoms with van der Waals surface area (Å²) in [6.45, 7) is 0.363. The SMILES string of the molecule is Cl.O=C(O)[C@H]1CC[C@H](CP(=O)(O)O)CN1. The van der Waals surface area contributed by atoms with Gasteiger partial charge in [0.2, 0.25) is 0 Å². The van der Waals surface area contributed by atoms with E-state index >= 15 is 0 Å². The molecule has 1 saturated heterocycles. The molecule has 0 amide bonds. The molecule has 2 atom stereocenters. The zero-order chi connectivity index (χ0) is 10.8. The van der Waals surface area contributed by atoms with Crippen LogP contribution in [0.5, 0.6) is 0 Å². The molecule has 15 heavy (non-hydrogen) atoms. The van der Waals surface area contributed by atoms with Gasteiger partial charge in [0, 0.05) is 0 Å². The summed E-state index contributed by atoms with van der Waals surface area (Å²) >= 11 is 0. The number of rotatable bonds is 3. The van der Waals surface area contributed by atoms with Crippen LogP contribution < -0.4 is 5.32 Å². The highest BCUT2D eigenvalue weighted by Gasteiger charge is 2.29. The van der Waals surface area contributed by atoms with Crippen molar-refractivity contribution in [3.8, 4) is 0 Å². The first-order valence-electron chi connectivity index (χ1n) is 4.39. The molecule has 0 saturated carbocycles. The van der Waals surface area contributed by atoms with Gasteiger partial charge in [-0.2, -0.15) is 0 Å². The lowest BCUT2D eigenvalue weighted by molar-refractivity contribution is -0.140. The highest BCUT2D eigenvalue weighted by Crippen LogP contribution is 2.38. The van der Waals surface area contributed by atoms with Gasteiger partial charge in [0.25, 0.3) is 0 Å². The number of carboxylic acids is 1. The van der Waals surface area contributed by atoms with Gasteiger partial charge < -0.3 is 20.2 Å². The molecule has 1 aliphatic heterocycles. The third-order valence-corrected chi connectivity index (χ3v) is 3.30. The molecule has 0 aromatic rings. The molecule has 0 aliphatic carbocycles. The number of carbonyl (C=O) groups is 1. The molecular formula is C7H15ClNO5P. The monoisotopic (exact) mass is 259 g/mol. The number of hydrogen-bond donors (Lipinski definition) is 4. The molecule has 1 rings (SSSR count). The van der Waals surface area contributed by atoms with Crippen LogP contribution >= 0.6 is 20.0 Å². The molecule has 0 radical (unpaired) electrons. The molecule has 0 aromatic carbocycles. The number of piperidine rings is 1. The fourth-order valence-corrected chi connectivity index (χ4v) is 2.60. The van der Waals surface area contributed by atoms with Gasteiger partial charge in [0.05, 0.1) is 6.16 Å². The van der Waals surface area contributed by atoms with E-state index in [2.05, 4.69) is 5.32 Å². The summed E-state index contributed by atoms with van der Waals surface area (Å²) in [4.78, 5) is 28.0. The molecule has 4 N–H and O–H groups in total. The Labute approximate surface area is 93.6 Å². The van der Waals surface area contributed by atoms with Crippen molar-refractivity contribution in [3.63, 3.8) is 0 Å². The van der Waals surface area contributed by atoms with Crippen molar-refractivity contribution in [2.45, 2.75) is 18.9 Å². The van der Waals surface area contributed by atoms with Crippen molar-refractivity contribution in [3.05, 3.63) is 0 Å². The van der Waals surface area contributed by atoms with Gasteiger partial charge in [-0.15, -0.1) is 12.4 Å². The molecule has 0 bridgehead atoms. The zero-order valence-electron chi connectivity index (χ0n) is 8.00. The highest BCUT2D eigenvalue weighted by atomic mass is 35.5. The molecule has 1 heterocycles. The van der Waals surface area contributed by atoms with Gasteiger partial charge in [-0.3, -0.25) is 9.36 Å². The minimum atomic E-state index is -3.97. The van der Waals surface area contributed by atoms with Crippen LogP contribution in [0.15, 0.2) is 0 Å². The average Bonchev–Trinajstić information content (AvgIpc) is 2.02. The summed E-state index contributed by atoms with van der Waals surface area (Å²) in [7, 11) is -3.97. The maximum absolute atomic E-state index is 10.7. The lowest BCUT2D eigenvalue weighted by Gasteiger charge is -2.27. The van der Waals surface area contributed by atoms with Crippen LogP contribution in [0.3, 0.4) is 0 Å². The van der Waals surface area contributed by atoms with Crippen molar-refractivity contribution >= 4 is 26.0 Å². The standard InChI is InChI=1S/C7H14NO5P.ClH/c9-7(10)6-2-1-5(3-8-6)4-14(11,12)13;/h5-6,8H,1-4H2,(H,9,10)(H2,11,12,13);1H/t5-,6+;/m0./s1. The van der Waals surface area contributed by atoms with E-state index in [0.717, 1.165) is 0 Å². The van der Waals surface area contributed by atoms with Crippen molar-refractivity contribution < 1.29 is 24.3 Å². The maximum atomic E-state index is 10.7. The molecule has 1 fully saturated rings. The van der Waals surface area contributed by atoms with Crippen molar-refractivity contribution in [1.29, 1.82) is 0 Å². The summed E-state index contributed by atoms with van der Waals surface area (Å²) in [5.74, 6) is -1.02. The third-order valence-electron chi connectivity index (χ3n) is 2.31. The molecule has 90 valence electrons. The summed E-state index contributed by atoms with van der Waals surface area (Å²) < 4.78 is 10.7. The fourth-order valence-electron chi connectivity index (χ4n) is 1.62. The Hall–Kier alpha value is -0.130. The van der Waals surface area contributed by atoms with Gasteiger partial charge in [0.1, 0.15) is 6.04 Å². The van der Waals surface area contributed by atoms with Crippen LogP contribution in [0.25, 0.3) is 0 Å². The molecule has 6 nitrogen and oxygen atoms in total. The first kappa shape index (κ1) is 14.9. The second-order valence-electron chi connectivity index (χ2n) is 3.59. The lowest BCUT2D eigenvalue weighted by atomic mass is 9.96. The van der Waals surface area contributed by atoms with Crippen LogP contribution in [-0.2, 0) is 9.36 Å². The van der Waals surface area contributed by atoms with Gasteiger partial charge in [-0.05, 0) is 25.3 Å². The number of carboxylic acid groups (broad SMARTS) is 1. The predicted octanol–water partition coefficient (Wildman–Crippen LogP) is 0.0387. The third kappa shape index (κ3) is 5.49. The Morgan fingerprint density at radius 1 is 1.40 bits per heavy atom. The van der Waals surface area contributed by atoms with Gasteiger partial charge >= 0.3 is 13.6 Å². The summed E-state index contributed by atoms with van der Waals surface area (Å²) in [6, 6.07) is -0.567. The molecule has 0 spiro atoms. The molecule has 8 heteroatoms. The summed E-state index contributed by atoms with van der Waals surface area (Å²) in [5.41, 5.74) is 0. The fraction of sp³-hybridized carbons (Fsp3) is 0.857. The minimum absolute atomic E-state index is 0. The number of halogens is 1. The number of aliphatic carboxylic acids is 1. The van der Waals surface area contributed by atoms with E-state index in [1.54, 1.807) is 0 Å². The van der Waals surface area contributed by atoms with Gasteiger partial charge in [-0.1, -0.05) is 0 Å². The van der Waals surface area contributed by atoms with Crippen molar-refractivity contribution in [1.82, 2.24) is 5.32 Å². The normalized spacial score (nSPS) is 26.8. The van der Waals surface area contributed by atoms with Crippen LogP contribution in [0, 0.1) is 5.92 Å². The number of nitrogens with one attached hydrogen (secondary N) is 1. The quantitative estimate of drug-likeness (QED) is 0.533. The molecule has 0 unspecified atom stereocenters. The van der Waals surface area contributed by atoms with Crippen LogP contribution in [0.2, 0.25) is 0 Å². The highest BCUT2D eigenvalue weighted by molar-refractivity contribution is 7.51. The second-order valence-corrected chi connectivity index (χ2v) is 5.28. The van der Waals surface area contributed by atoms with Gasteiger partial charge in [0.15, 0.2) is 0 Å². The van der Waals surface area contributed by atoms with E-state index < -0.39 is 19.6 Å². The Morgan fingerprint density at radius 2 is 2.00 bits per heavy atom. The lowest BCUT2D eigenvalue weighted by Crippen LogP contribution is -2.44. The second kappa shape index (κ2) is 5.82. The Balaban J connectivity index is 0.00000196. The maximum Gasteiger partial charge on any atom is 0.325 e. The number of hydrogen-bond acceptors (Lipinski definition) is 3. The van der Waals surface area contributed by atoms with E-state index in [4.69, 9.17) is 14.9 Å². The van der Waals surface area contributed by atoms with E-state index in [0.29, 0.717) is 19.4 Å². The van der Waals surface area contributed by atoms with Crippen molar-refractivity contribution in [2.24, 2.45) is 5.92 Å². The Morgan fingerprint density at radius 3 is 2.33 bits per heavy atom. The van der Waals surface area contributed by atoms with E-state index in [1.807, 2.05) is 0 Å². The average molecular weight is 260 g/mol. The molecule has 0 aromatic heterocycles. The Bertz CT molecular complexity index is 260. The van der Waals surface area contributed by atoms with Gasteiger partial charge in [-0.25, -0.2) is 0 Å². The molecule has 1 aliphatic rings. The Kier molecular flexibility index (Phi) is 5.77. The summed E-state index contributed by atoms with van der Waals surface area (Å²) in [6.07, 6.45) is 0.821. The first-order chi connectivity index (χ1) is 6.38. The van der Waals surface area contributed by atoms with Crippen LogP contribution in [0.1, 0.15) is 12.8 Å². The van der Waals surface area contributed by atoms with E-state index in [-0.39, 0.29) is 24.5 Å². The first-order valence-corrected chi connectivity index (χ1v) is 6.19. The summed E-state index contributed by atoms with van der Waals surface area (Å²) in [5, 5.41) is 11.4. The van der Waals surface area contributed by atoms with E-state index in [1.165, 1.54) is 0 Å². The van der Waals surface area contributed by atoms with E-state index in [9.17, 15) is 9.36 Å². The smallest absolute Gasteiger partial charge is 0.325 e. The zero-order valence-corrected chi connectivity index (χ0v) is 9.71. The largest absolute Gasteiger partial charge is 0.480 e. The van der Waals surface area contributed by atoms with Crippen LogP contribution in [-0.4, -0.2) is 39.6 Å². The van der Waals surface area contributed by atoms with Crippen molar-refractivity contribution in [2.75, 3.05) is 12.7 Å². The predicted molar refractivity (Wildman–Crippen MR) is 56.3 cm³/mol.